The van der Waals surface area contributed by atoms with Crippen LogP contribution in [0.1, 0.15) is 26.2 Å². The number of thioether (sulfide) groups is 2. The Morgan fingerprint density at radius 3 is 3.00 bits per heavy atom. The third-order valence-electron chi connectivity index (χ3n) is 2.49. The molecule has 3 heteroatoms. The molecule has 0 amide bonds. The summed E-state index contributed by atoms with van der Waals surface area (Å²) in [5, 5.41) is 3.76. The molecule has 2 unspecified atom stereocenters. The van der Waals surface area contributed by atoms with Crippen molar-refractivity contribution in [2.24, 2.45) is 0 Å². The van der Waals surface area contributed by atoms with E-state index in [-0.39, 0.29) is 0 Å². The van der Waals surface area contributed by atoms with Crippen LogP contribution < -0.4 is 5.32 Å². The van der Waals surface area contributed by atoms with Crippen molar-refractivity contribution in [3.8, 4) is 0 Å². The molecule has 1 fully saturated rings. The average molecular weight is 219 g/mol. The topological polar surface area (TPSA) is 12.0 Å². The van der Waals surface area contributed by atoms with Crippen LogP contribution in [-0.2, 0) is 0 Å². The lowest BCUT2D eigenvalue weighted by molar-refractivity contribution is 0.439. The maximum Gasteiger partial charge on any atom is 0.0161 e. The highest BCUT2D eigenvalue weighted by atomic mass is 32.2. The molecule has 0 aromatic carbocycles. The van der Waals surface area contributed by atoms with Gasteiger partial charge in [-0.15, -0.1) is 0 Å². The fraction of sp³-hybridized carbons (Fsp3) is 1.00. The zero-order valence-corrected chi connectivity index (χ0v) is 10.3. The lowest BCUT2D eigenvalue weighted by atomic mass is 10.1. The number of rotatable bonds is 5. The van der Waals surface area contributed by atoms with Crippen molar-refractivity contribution in [2.45, 2.75) is 38.3 Å². The summed E-state index contributed by atoms with van der Waals surface area (Å²) in [7, 11) is 0. The van der Waals surface area contributed by atoms with Crippen molar-refractivity contribution in [1.82, 2.24) is 5.32 Å². The van der Waals surface area contributed by atoms with Crippen molar-refractivity contribution in [1.29, 1.82) is 0 Å². The van der Waals surface area contributed by atoms with E-state index >= 15 is 0 Å². The highest BCUT2D eigenvalue weighted by Crippen LogP contribution is 2.18. The van der Waals surface area contributed by atoms with Gasteiger partial charge in [0.15, 0.2) is 0 Å². The minimum Gasteiger partial charge on any atom is -0.310 e. The van der Waals surface area contributed by atoms with Crippen molar-refractivity contribution >= 4 is 23.5 Å². The fourth-order valence-electron chi connectivity index (χ4n) is 1.69. The van der Waals surface area contributed by atoms with E-state index < -0.39 is 0 Å². The van der Waals surface area contributed by atoms with Crippen LogP contribution in [-0.4, -0.2) is 35.6 Å². The summed E-state index contributed by atoms with van der Waals surface area (Å²) in [5.41, 5.74) is 0. The summed E-state index contributed by atoms with van der Waals surface area (Å²) in [6, 6.07) is 1.52. The highest BCUT2D eigenvalue weighted by molar-refractivity contribution is 7.99. The molecule has 1 nitrogen and oxygen atoms in total. The van der Waals surface area contributed by atoms with Crippen LogP contribution in [0.4, 0.5) is 0 Å². The van der Waals surface area contributed by atoms with Crippen molar-refractivity contribution in [3.63, 3.8) is 0 Å². The molecule has 13 heavy (non-hydrogen) atoms. The van der Waals surface area contributed by atoms with Crippen molar-refractivity contribution < 1.29 is 0 Å². The van der Waals surface area contributed by atoms with Crippen LogP contribution in [0, 0.1) is 0 Å². The zero-order chi connectivity index (χ0) is 9.52. The number of nitrogens with one attached hydrogen (secondary N) is 1. The summed E-state index contributed by atoms with van der Waals surface area (Å²) in [5.74, 6) is 3.96. The highest BCUT2D eigenvalue weighted by Gasteiger charge is 2.16. The summed E-state index contributed by atoms with van der Waals surface area (Å²) < 4.78 is 0. The first kappa shape index (κ1) is 11.7. The van der Waals surface area contributed by atoms with Gasteiger partial charge < -0.3 is 5.32 Å². The Morgan fingerprint density at radius 2 is 2.46 bits per heavy atom. The Balaban J connectivity index is 2.18. The Bertz CT molecular complexity index is 121. The molecule has 1 aliphatic heterocycles. The van der Waals surface area contributed by atoms with E-state index in [9.17, 15) is 0 Å². The van der Waals surface area contributed by atoms with Gasteiger partial charge in [0, 0.05) is 23.6 Å². The van der Waals surface area contributed by atoms with Gasteiger partial charge in [0.25, 0.3) is 0 Å². The molecule has 2 atom stereocenters. The Hall–Kier alpha value is 0.660. The van der Waals surface area contributed by atoms with Crippen LogP contribution in [0.15, 0.2) is 0 Å². The first-order valence-electron chi connectivity index (χ1n) is 5.19. The molecule has 1 N–H and O–H groups in total. The van der Waals surface area contributed by atoms with Crippen molar-refractivity contribution in [3.05, 3.63) is 0 Å². The maximum absolute atomic E-state index is 3.76. The largest absolute Gasteiger partial charge is 0.310 e. The normalized spacial score (nSPS) is 25.8. The van der Waals surface area contributed by atoms with Crippen LogP contribution in [0.3, 0.4) is 0 Å². The van der Waals surface area contributed by atoms with E-state index in [4.69, 9.17) is 0 Å². The molecule has 0 bridgehead atoms. The maximum atomic E-state index is 3.76. The van der Waals surface area contributed by atoms with Crippen LogP contribution >= 0.6 is 23.5 Å². The summed E-state index contributed by atoms with van der Waals surface area (Å²) in [6.07, 6.45) is 6.25. The summed E-state index contributed by atoms with van der Waals surface area (Å²) in [6.45, 7) is 2.28. The van der Waals surface area contributed by atoms with Crippen LogP contribution in [0.25, 0.3) is 0 Å². The average Bonchev–Trinajstić information content (AvgIpc) is 2.19. The lowest BCUT2D eigenvalue weighted by Crippen LogP contribution is -2.42. The molecule has 1 rings (SSSR count). The standard InChI is InChI=1S/C10H21NS2/c1-3-9(7-12-2)11-10-5-4-6-13-8-10/h9-11H,3-8H2,1-2H3. The van der Waals surface area contributed by atoms with Gasteiger partial charge in [-0.25, -0.2) is 0 Å². The smallest absolute Gasteiger partial charge is 0.0161 e. The molecule has 1 heterocycles. The van der Waals surface area contributed by atoms with E-state index in [1.807, 2.05) is 11.8 Å². The molecule has 1 saturated heterocycles. The van der Waals surface area contributed by atoms with Gasteiger partial charge in [0.1, 0.15) is 0 Å². The van der Waals surface area contributed by atoms with Gasteiger partial charge in [0.05, 0.1) is 0 Å². The zero-order valence-electron chi connectivity index (χ0n) is 8.71. The Labute approximate surface area is 90.8 Å². The molecule has 1 aliphatic rings. The van der Waals surface area contributed by atoms with Gasteiger partial charge in [-0.2, -0.15) is 23.5 Å². The molecular formula is C10H21NS2. The minimum absolute atomic E-state index is 0.735. The molecule has 0 radical (unpaired) electrons. The lowest BCUT2D eigenvalue weighted by Gasteiger charge is -2.27. The quantitative estimate of drug-likeness (QED) is 0.763. The van der Waals surface area contributed by atoms with Gasteiger partial charge in [-0.3, -0.25) is 0 Å². The third kappa shape index (κ3) is 4.61. The molecular weight excluding hydrogens is 198 g/mol. The van der Waals surface area contributed by atoms with E-state index in [1.54, 1.807) is 0 Å². The second kappa shape index (κ2) is 7.02. The second-order valence-corrected chi connectivity index (χ2v) is 5.70. The molecule has 0 saturated carbocycles. The third-order valence-corrected chi connectivity index (χ3v) is 4.44. The van der Waals surface area contributed by atoms with E-state index in [0.29, 0.717) is 0 Å². The van der Waals surface area contributed by atoms with Gasteiger partial charge in [-0.1, -0.05) is 6.92 Å². The van der Waals surface area contributed by atoms with Crippen molar-refractivity contribution in [2.75, 3.05) is 23.5 Å². The van der Waals surface area contributed by atoms with Crippen LogP contribution in [0.2, 0.25) is 0 Å². The van der Waals surface area contributed by atoms with Gasteiger partial charge in [0.2, 0.25) is 0 Å². The molecule has 78 valence electrons. The first-order valence-corrected chi connectivity index (χ1v) is 7.74. The SMILES string of the molecule is CCC(CSC)NC1CCCSC1. The molecule has 0 spiro atoms. The van der Waals surface area contributed by atoms with Crippen LogP contribution in [0.5, 0.6) is 0 Å². The van der Waals surface area contributed by atoms with Gasteiger partial charge in [-0.05, 0) is 31.3 Å². The summed E-state index contributed by atoms with van der Waals surface area (Å²) >= 11 is 4.06. The molecule has 0 aromatic rings. The van der Waals surface area contributed by atoms with Gasteiger partial charge >= 0.3 is 0 Å². The minimum atomic E-state index is 0.735. The monoisotopic (exact) mass is 219 g/mol. The molecule has 0 aliphatic carbocycles. The Morgan fingerprint density at radius 1 is 1.62 bits per heavy atom. The first-order chi connectivity index (χ1) is 6.36. The second-order valence-electron chi connectivity index (χ2n) is 3.64. The van der Waals surface area contributed by atoms with E-state index in [0.717, 1.165) is 12.1 Å². The van der Waals surface area contributed by atoms with E-state index in [2.05, 4.69) is 30.3 Å². The predicted molar refractivity (Wildman–Crippen MR) is 65.9 cm³/mol. The molecule has 0 aromatic heterocycles. The fourth-order valence-corrected chi connectivity index (χ4v) is 3.51. The Kier molecular flexibility index (Phi) is 6.33. The van der Waals surface area contributed by atoms with E-state index in [1.165, 1.54) is 36.5 Å². The summed E-state index contributed by atoms with van der Waals surface area (Å²) in [4.78, 5) is 0. The predicted octanol–water partition coefficient (Wildman–Crippen LogP) is 2.61. The number of hydrogen-bond donors (Lipinski definition) is 1. The number of hydrogen-bond acceptors (Lipinski definition) is 3.